The van der Waals surface area contributed by atoms with E-state index < -0.39 is 0 Å². The molecule has 0 unspecified atom stereocenters. The molecule has 0 spiro atoms. The molecule has 0 saturated heterocycles. The molecule has 24 heavy (non-hydrogen) atoms. The summed E-state index contributed by atoms with van der Waals surface area (Å²) in [5, 5.41) is 2.91. The predicted octanol–water partition coefficient (Wildman–Crippen LogP) is 3.05. The van der Waals surface area contributed by atoms with Gasteiger partial charge in [0.25, 0.3) is 0 Å². The van der Waals surface area contributed by atoms with E-state index in [9.17, 15) is 9.59 Å². The van der Waals surface area contributed by atoms with E-state index in [4.69, 9.17) is 4.74 Å². The van der Waals surface area contributed by atoms with Gasteiger partial charge >= 0.3 is 0 Å². The number of anilines is 1. The molecule has 2 amide bonds. The molecular formula is C19H26N2O3. The molecule has 0 fully saturated rings. The Morgan fingerprint density at radius 3 is 2.71 bits per heavy atom. The Bertz CT molecular complexity index is 610. The monoisotopic (exact) mass is 330 g/mol. The summed E-state index contributed by atoms with van der Waals surface area (Å²) >= 11 is 0. The standard InChI is InChI=1S/C19H26N2O3/c1-15(22)21(17-10-6-7-11-18(17)24-2)14-19(23)20-13-12-16-8-4-3-5-9-16/h6-8,10-11H,3-5,9,12-14H2,1-2H3,(H,20,23). The van der Waals surface area contributed by atoms with E-state index in [0.29, 0.717) is 18.0 Å². The van der Waals surface area contributed by atoms with E-state index >= 15 is 0 Å². The van der Waals surface area contributed by atoms with Gasteiger partial charge in [0.1, 0.15) is 12.3 Å². The molecule has 1 aromatic carbocycles. The van der Waals surface area contributed by atoms with E-state index in [1.165, 1.54) is 30.2 Å². The highest BCUT2D eigenvalue weighted by molar-refractivity contribution is 5.98. The van der Waals surface area contributed by atoms with Crippen molar-refractivity contribution in [2.24, 2.45) is 0 Å². The summed E-state index contributed by atoms with van der Waals surface area (Å²) in [4.78, 5) is 25.6. The maximum atomic E-state index is 12.2. The zero-order valence-corrected chi connectivity index (χ0v) is 14.5. The normalized spacial score (nSPS) is 13.8. The van der Waals surface area contributed by atoms with Crippen molar-refractivity contribution in [2.75, 3.05) is 25.1 Å². The Morgan fingerprint density at radius 2 is 2.04 bits per heavy atom. The number of hydrogen-bond donors (Lipinski definition) is 1. The van der Waals surface area contributed by atoms with E-state index in [1.54, 1.807) is 19.2 Å². The fourth-order valence-corrected chi connectivity index (χ4v) is 2.91. The Kier molecular flexibility index (Phi) is 6.85. The van der Waals surface area contributed by atoms with Crippen LogP contribution in [-0.4, -0.2) is 32.0 Å². The smallest absolute Gasteiger partial charge is 0.240 e. The number of amides is 2. The van der Waals surface area contributed by atoms with E-state index in [-0.39, 0.29) is 18.4 Å². The highest BCUT2D eigenvalue weighted by Crippen LogP contribution is 2.27. The van der Waals surface area contributed by atoms with Gasteiger partial charge in [-0.05, 0) is 44.2 Å². The Balaban J connectivity index is 1.91. The van der Waals surface area contributed by atoms with Crippen LogP contribution in [0.1, 0.15) is 39.0 Å². The van der Waals surface area contributed by atoms with Crippen LogP contribution in [0.2, 0.25) is 0 Å². The van der Waals surface area contributed by atoms with Gasteiger partial charge in [0.2, 0.25) is 11.8 Å². The molecule has 0 heterocycles. The zero-order valence-electron chi connectivity index (χ0n) is 14.5. The third-order valence-corrected chi connectivity index (χ3v) is 4.21. The van der Waals surface area contributed by atoms with Crippen LogP contribution in [0.5, 0.6) is 5.75 Å². The molecule has 0 aromatic heterocycles. The van der Waals surface area contributed by atoms with Crippen molar-refractivity contribution in [3.63, 3.8) is 0 Å². The quantitative estimate of drug-likeness (QED) is 0.782. The van der Waals surface area contributed by atoms with Crippen LogP contribution in [0, 0.1) is 0 Å². The molecule has 1 aromatic rings. The van der Waals surface area contributed by atoms with Gasteiger partial charge in [-0.3, -0.25) is 14.5 Å². The number of carbonyl (C=O) groups is 2. The number of nitrogens with zero attached hydrogens (tertiary/aromatic N) is 1. The molecule has 130 valence electrons. The molecule has 1 N–H and O–H groups in total. The average molecular weight is 330 g/mol. The number of para-hydroxylation sites is 2. The Morgan fingerprint density at radius 1 is 1.25 bits per heavy atom. The lowest BCUT2D eigenvalue weighted by Gasteiger charge is -2.22. The minimum Gasteiger partial charge on any atom is -0.495 e. The second kappa shape index (κ2) is 9.11. The van der Waals surface area contributed by atoms with Crippen LogP contribution in [0.3, 0.4) is 0 Å². The van der Waals surface area contributed by atoms with Crippen LogP contribution < -0.4 is 15.0 Å². The van der Waals surface area contributed by atoms with Crippen LogP contribution in [-0.2, 0) is 9.59 Å². The number of carbonyl (C=O) groups excluding carboxylic acids is 2. The lowest BCUT2D eigenvalue weighted by molar-refractivity contribution is -0.123. The lowest BCUT2D eigenvalue weighted by atomic mass is 9.97. The summed E-state index contributed by atoms with van der Waals surface area (Å²) in [6.07, 6.45) is 7.96. The maximum Gasteiger partial charge on any atom is 0.240 e. The van der Waals surface area contributed by atoms with Gasteiger partial charge in [-0.1, -0.05) is 23.8 Å². The number of allylic oxidation sites excluding steroid dienone is 1. The number of benzene rings is 1. The Hall–Kier alpha value is -2.30. The molecule has 1 aliphatic rings. The second-order valence-electron chi connectivity index (χ2n) is 5.99. The lowest BCUT2D eigenvalue weighted by Crippen LogP contribution is -2.40. The molecule has 5 heteroatoms. The number of ether oxygens (including phenoxy) is 1. The summed E-state index contributed by atoms with van der Waals surface area (Å²) in [5.74, 6) is 0.227. The minimum atomic E-state index is -0.190. The first-order chi connectivity index (χ1) is 11.6. The molecule has 2 rings (SSSR count). The fourth-order valence-electron chi connectivity index (χ4n) is 2.91. The Labute approximate surface area is 143 Å². The highest BCUT2D eigenvalue weighted by Gasteiger charge is 2.19. The average Bonchev–Trinajstić information content (AvgIpc) is 2.60. The molecule has 0 atom stereocenters. The molecule has 1 aliphatic carbocycles. The van der Waals surface area contributed by atoms with Crippen molar-refractivity contribution in [1.29, 1.82) is 0 Å². The van der Waals surface area contributed by atoms with Gasteiger partial charge in [-0.2, -0.15) is 0 Å². The van der Waals surface area contributed by atoms with Gasteiger partial charge in [-0.25, -0.2) is 0 Å². The van der Waals surface area contributed by atoms with Crippen LogP contribution in [0.15, 0.2) is 35.9 Å². The summed E-state index contributed by atoms with van der Waals surface area (Å²) in [6.45, 7) is 2.06. The maximum absolute atomic E-state index is 12.2. The molecule has 0 radical (unpaired) electrons. The highest BCUT2D eigenvalue weighted by atomic mass is 16.5. The first-order valence-electron chi connectivity index (χ1n) is 8.47. The molecule has 5 nitrogen and oxygen atoms in total. The van der Waals surface area contributed by atoms with E-state index in [2.05, 4.69) is 11.4 Å². The minimum absolute atomic E-state index is 0.00520. The molecule has 0 aliphatic heterocycles. The van der Waals surface area contributed by atoms with Gasteiger partial charge in [0.05, 0.1) is 12.8 Å². The predicted molar refractivity (Wildman–Crippen MR) is 95.2 cm³/mol. The van der Waals surface area contributed by atoms with Crippen molar-refractivity contribution in [2.45, 2.75) is 39.0 Å². The third kappa shape index (κ3) is 5.11. The van der Waals surface area contributed by atoms with Gasteiger partial charge < -0.3 is 10.1 Å². The summed E-state index contributed by atoms with van der Waals surface area (Å²) < 4.78 is 5.29. The number of hydrogen-bond acceptors (Lipinski definition) is 3. The van der Waals surface area contributed by atoms with E-state index in [1.807, 2.05) is 12.1 Å². The summed E-state index contributed by atoms with van der Waals surface area (Å²) in [7, 11) is 1.55. The summed E-state index contributed by atoms with van der Waals surface area (Å²) in [5.41, 5.74) is 2.03. The topological polar surface area (TPSA) is 58.6 Å². The largest absolute Gasteiger partial charge is 0.495 e. The van der Waals surface area contributed by atoms with Crippen molar-refractivity contribution in [3.05, 3.63) is 35.9 Å². The number of nitrogens with one attached hydrogen (secondary N) is 1. The van der Waals surface area contributed by atoms with Gasteiger partial charge in [-0.15, -0.1) is 0 Å². The molecule has 0 bridgehead atoms. The zero-order chi connectivity index (χ0) is 17.4. The number of methoxy groups -OCH3 is 1. The van der Waals surface area contributed by atoms with Crippen molar-refractivity contribution < 1.29 is 14.3 Å². The van der Waals surface area contributed by atoms with Crippen molar-refractivity contribution in [3.8, 4) is 5.75 Å². The number of rotatable bonds is 7. The van der Waals surface area contributed by atoms with Crippen LogP contribution in [0.4, 0.5) is 5.69 Å². The van der Waals surface area contributed by atoms with Gasteiger partial charge in [0, 0.05) is 13.5 Å². The van der Waals surface area contributed by atoms with Crippen LogP contribution in [0.25, 0.3) is 0 Å². The molecule has 0 saturated carbocycles. The summed E-state index contributed by atoms with van der Waals surface area (Å²) in [6, 6.07) is 7.21. The first kappa shape index (κ1) is 18.0. The third-order valence-electron chi connectivity index (χ3n) is 4.21. The fraction of sp³-hybridized carbons (Fsp3) is 0.474. The first-order valence-corrected chi connectivity index (χ1v) is 8.47. The SMILES string of the molecule is COc1ccccc1N(CC(=O)NCCC1=CCCCC1)C(C)=O. The van der Waals surface area contributed by atoms with Crippen LogP contribution >= 0.6 is 0 Å². The van der Waals surface area contributed by atoms with E-state index in [0.717, 1.165) is 19.3 Å². The molecular weight excluding hydrogens is 304 g/mol. The van der Waals surface area contributed by atoms with Crippen molar-refractivity contribution in [1.82, 2.24) is 5.32 Å². The van der Waals surface area contributed by atoms with Gasteiger partial charge in [0.15, 0.2) is 0 Å². The van der Waals surface area contributed by atoms with Crippen molar-refractivity contribution >= 4 is 17.5 Å². The second-order valence-corrected chi connectivity index (χ2v) is 5.99.